The minimum absolute atomic E-state index is 0.0294. The van der Waals surface area contributed by atoms with Gasteiger partial charge in [-0.15, -0.1) is 0 Å². The van der Waals surface area contributed by atoms with E-state index in [-0.39, 0.29) is 5.92 Å². The van der Waals surface area contributed by atoms with Gasteiger partial charge in [0.05, 0.1) is 11.5 Å². The number of carboxylic acids is 1. The summed E-state index contributed by atoms with van der Waals surface area (Å²) in [6.45, 7) is 3.66. The summed E-state index contributed by atoms with van der Waals surface area (Å²) in [5.41, 5.74) is 0.968. The molecule has 1 atom stereocenters. The van der Waals surface area contributed by atoms with Crippen molar-refractivity contribution in [2.24, 2.45) is 5.92 Å². The van der Waals surface area contributed by atoms with Gasteiger partial charge in [0.1, 0.15) is 6.07 Å². The Hall–Kier alpha value is -1.89. The highest BCUT2D eigenvalue weighted by Gasteiger charge is 2.23. The molecule has 15 heavy (non-hydrogen) atoms. The molecule has 0 saturated carbocycles. The molecule has 0 aliphatic heterocycles. The van der Waals surface area contributed by atoms with Gasteiger partial charge in [-0.2, -0.15) is 5.26 Å². The summed E-state index contributed by atoms with van der Waals surface area (Å²) in [6.07, 6.45) is 2.92. The zero-order chi connectivity index (χ0) is 11.4. The van der Waals surface area contributed by atoms with Crippen molar-refractivity contribution in [2.45, 2.75) is 19.8 Å². The number of hydrogen-bond donors (Lipinski definition) is 1. The molecule has 1 rings (SSSR count). The van der Waals surface area contributed by atoms with Crippen LogP contribution in [0.25, 0.3) is 0 Å². The molecule has 0 spiro atoms. The van der Waals surface area contributed by atoms with Crippen LogP contribution in [0.15, 0.2) is 18.5 Å². The van der Waals surface area contributed by atoms with E-state index in [9.17, 15) is 4.79 Å². The molecule has 0 fully saturated rings. The molecule has 0 aromatic carbocycles. The number of pyridine rings is 1. The van der Waals surface area contributed by atoms with Gasteiger partial charge < -0.3 is 5.11 Å². The molecule has 0 aliphatic rings. The van der Waals surface area contributed by atoms with E-state index in [4.69, 9.17) is 10.4 Å². The van der Waals surface area contributed by atoms with Gasteiger partial charge >= 0.3 is 5.97 Å². The summed E-state index contributed by atoms with van der Waals surface area (Å²) in [4.78, 5) is 14.9. The largest absolute Gasteiger partial charge is 0.481 e. The first-order chi connectivity index (χ1) is 7.06. The number of nitrogens with zero attached hydrogens (tertiary/aromatic N) is 2. The van der Waals surface area contributed by atoms with E-state index < -0.39 is 11.9 Å². The van der Waals surface area contributed by atoms with Gasteiger partial charge in [-0.25, -0.2) is 0 Å². The minimum atomic E-state index is -0.887. The third-order valence-electron chi connectivity index (χ3n) is 2.18. The van der Waals surface area contributed by atoms with E-state index in [1.165, 1.54) is 12.4 Å². The topological polar surface area (TPSA) is 74.0 Å². The van der Waals surface area contributed by atoms with Gasteiger partial charge in [0.25, 0.3) is 0 Å². The average Bonchev–Trinajstić information content (AvgIpc) is 2.17. The fraction of sp³-hybridized carbons (Fsp3) is 0.364. The van der Waals surface area contributed by atoms with Gasteiger partial charge in [-0.05, 0) is 17.5 Å². The lowest BCUT2D eigenvalue weighted by molar-refractivity contribution is -0.139. The van der Waals surface area contributed by atoms with Crippen LogP contribution in [0.4, 0.5) is 0 Å². The predicted molar refractivity (Wildman–Crippen MR) is 54.2 cm³/mol. The van der Waals surface area contributed by atoms with E-state index in [2.05, 4.69) is 4.98 Å². The van der Waals surface area contributed by atoms with Gasteiger partial charge in [0.15, 0.2) is 0 Å². The molecular weight excluding hydrogens is 192 g/mol. The van der Waals surface area contributed by atoms with Crippen molar-refractivity contribution in [3.8, 4) is 6.07 Å². The molecule has 0 radical (unpaired) electrons. The summed E-state index contributed by atoms with van der Waals surface area (Å²) >= 11 is 0. The Morgan fingerprint density at radius 1 is 1.53 bits per heavy atom. The lowest BCUT2D eigenvalue weighted by Gasteiger charge is -2.15. The minimum Gasteiger partial charge on any atom is -0.481 e. The van der Waals surface area contributed by atoms with Crippen molar-refractivity contribution in [1.29, 1.82) is 5.26 Å². The average molecular weight is 204 g/mol. The molecule has 0 aliphatic carbocycles. The van der Waals surface area contributed by atoms with Crippen molar-refractivity contribution in [1.82, 2.24) is 4.98 Å². The first-order valence-corrected chi connectivity index (χ1v) is 4.64. The van der Waals surface area contributed by atoms with Crippen molar-refractivity contribution in [3.05, 3.63) is 29.6 Å². The number of carboxylic acid groups (broad SMARTS) is 1. The third kappa shape index (κ3) is 2.53. The molecule has 0 amide bonds. The molecule has 4 nitrogen and oxygen atoms in total. The molecule has 0 saturated heterocycles. The number of aliphatic carboxylic acids is 1. The Morgan fingerprint density at radius 2 is 2.20 bits per heavy atom. The van der Waals surface area contributed by atoms with Crippen LogP contribution >= 0.6 is 0 Å². The maximum Gasteiger partial charge on any atom is 0.311 e. The molecule has 1 N–H and O–H groups in total. The summed E-state index contributed by atoms with van der Waals surface area (Å²) in [5.74, 6) is -1.52. The standard InChI is InChI=1S/C11H12N2O2/c1-7(2)10(11(14)15)9-3-8(4-12)5-13-6-9/h3,5-7,10H,1-2H3,(H,14,15). The number of hydrogen-bond acceptors (Lipinski definition) is 3. The Morgan fingerprint density at radius 3 is 2.67 bits per heavy atom. The third-order valence-corrected chi connectivity index (χ3v) is 2.18. The van der Waals surface area contributed by atoms with Gasteiger partial charge in [-0.3, -0.25) is 9.78 Å². The Balaban J connectivity index is 3.12. The zero-order valence-electron chi connectivity index (χ0n) is 8.64. The molecule has 1 unspecified atom stereocenters. The van der Waals surface area contributed by atoms with Crippen LogP contribution < -0.4 is 0 Å². The molecule has 1 aromatic rings. The van der Waals surface area contributed by atoms with E-state index in [1.807, 2.05) is 19.9 Å². The van der Waals surface area contributed by atoms with Crippen LogP contribution in [-0.4, -0.2) is 16.1 Å². The highest BCUT2D eigenvalue weighted by atomic mass is 16.4. The number of aromatic nitrogens is 1. The number of carbonyl (C=O) groups is 1. The van der Waals surface area contributed by atoms with Gasteiger partial charge in [-0.1, -0.05) is 13.8 Å². The van der Waals surface area contributed by atoms with Crippen LogP contribution in [0.2, 0.25) is 0 Å². The van der Waals surface area contributed by atoms with Crippen LogP contribution in [-0.2, 0) is 4.79 Å². The molecule has 0 bridgehead atoms. The van der Waals surface area contributed by atoms with E-state index in [0.29, 0.717) is 11.1 Å². The fourth-order valence-corrected chi connectivity index (χ4v) is 1.50. The lowest BCUT2D eigenvalue weighted by atomic mass is 9.89. The van der Waals surface area contributed by atoms with Crippen molar-refractivity contribution < 1.29 is 9.90 Å². The maximum absolute atomic E-state index is 11.0. The summed E-state index contributed by atoms with van der Waals surface area (Å²) in [5, 5.41) is 17.7. The second kappa shape index (κ2) is 4.56. The quantitative estimate of drug-likeness (QED) is 0.814. The number of nitriles is 1. The number of rotatable bonds is 3. The summed E-state index contributed by atoms with van der Waals surface area (Å²) < 4.78 is 0. The van der Waals surface area contributed by atoms with E-state index in [0.717, 1.165) is 0 Å². The first kappa shape index (κ1) is 11.2. The van der Waals surface area contributed by atoms with Crippen LogP contribution in [0.1, 0.15) is 30.9 Å². The fourth-order valence-electron chi connectivity index (χ4n) is 1.50. The molecule has 1 heterocycles. The van der Waals surface area contributed by atoms with Crippen LogP contribution in [0.5, 0.6) is 0 Å². The Labute approximate surface area is 88.2 Å². The van der Waals surface area contributed by atoms with Crippen molar-refractivity contribution in [3.63, 3.8) is 0 Å². The highest BCUT2D eigenvalue weighted by Crippen LogP contribution is 2.24. The molecule has 1 aromatic heterocycles. The first-order valence-electron chi connectivity index (χ1n) is 4.64. The molecule has 4 heteroatoms. The lowest BCUT2D eigenvalue weighted by Crippen LogP contribution is -2.17. The maximum atomic E-state index is 11.0. The molecular formula is C11H12N2O2. The summed E-state index contributed by atoms with van der Waals surface area (Å²) in [7, 11) is 0. The van der Waals surface area contributed by atoms with Crippen LogP contribution in [0, 0.1) is 17.2 Å². The van der Waals surface area contributed by atoms with Crippen molar-refractivity contribution in [2.75, 3.05) is 0 Å². The second-order valence-electron chi connectivity index (χ2n) is 3.68. The van der Waals surface area contributed by atoms with Crippen molar-refractivity contribution >= 4 is 5.97 Å². The monoisotopic (exact) mass is 204 g/mol. The predicted octanol–water partition coefficient (Wildman–Crippen LogP) is 1.78. The van der Waals surface area contributed by atoms with Crippen LogP contribution in [0.3, 0.4) is 0 Å². The Kier molecular flexibility index (Phi) is 3.40. The second-order valence-corrected chi connectivity index (χ2v) is 3.68. The van der Waals surface area contributed by atoms with E-state index in [1.54, 1.807) is 6.07 Å². The highest BCUT2D eigenvalue weighted by molar-refractivity contribution is 5.76. The normalized spacial score (nSPS) is 12.1. The SMILES string of the molecule is CC(C)C(C(=O)O)c1cncc(C#N)c1. The Bertz CT molecular complexity index is 407. The zero-order valence-corrected chi connectivity index (χ0v) is 8.64. The van der Waals surface area contributed by atoms with E-state index >= 15 is 0 Å². The molecule has 78 valence electrons. The van der Waals surface area contributed by atoms with Gasteiger partial charge in [0, 0.05) is 12.4 Å². The van der Waals surface area contributed by atoms with Gasteiger partial charge in [0.2, 0.25) is 0 Å². The summed E-state index contributed by atoms with van der Waals surface area (Å²) in [6, 6.07) is 3.52. The smallest absolute Gasteiger partial charge is 0.311 e.